The summed E-state index contributed by atoms with van der Waals surface area (Å²) in [5.74, 6) is -1.38. The van der Waals surface area contributed by atoms with Gasteiger partial charge in [0.05, 0.1) is 5.56 Å². The van der Waals surface area contributed by atoms with Gasteiger partial charge in [-0.1, -0.05) is 13.0 Å². The Labute approximate surface area is 142 Å². The second-order valence-electron chi connectivity index (χ2n) is 5.60. The van der Waals surface area contributed by atoms with Crippen molar-refractivity contribution in [2.45, 2.75) is 26.3 Å². The van der Waals surface area contributed by atoms with Gasteiger partial charge in [0.25, 0.3) is 5.91 Å². The van der Waals surface area contributed by atoms with E-state index >= 15 is 0 Å². The normalized spacial score (nSPS) is 11.3. The lowest BCUT2D eigenvalue weighted by Crippen LogP contribution is -2.46. The summed E-state index contributed by atoms with van der Waals surface area (Å²) >= 11 is 0. The van der Waals surface area contributed by atoms with E-state index in [2.05, 4.69) is 10.6 Å². The van der Waals surface area contributed by atoms with E-state index in [1.165, 1.54) is 0 Å². The summed E-state index contributed by atoms with van der Waals surface area (Å²) < 4.78 is 4.99. The molecule has 0 aliphatic rings. The van der Waals surface area contributed by atoms with E-state index in [4.69, 9.17) is 4.74 Å². The van der Waals surface area contributed by atoms with E-state index < -0.39 is 24.5 Å². The molecule has 24 heavy (non-hydrogen) atoms. The van der Waals surface area contributed by atoms with Crippen LogP contribution in [0.2, 0.25) is 0 Å². The summed E-state index contributed by atoms with van der Waals surface area (Å²) in [7, 11) is 3.73. The van der Waals surface area contributed by atoms with Crippen LogP contribution in [0.1, 0.15) is 30.6 Å². The van der Waals surface area contributed by atoms with Gasteiger partial charge in [0.1, 0.15) is 6.04 Å². The van der Waals surface area contributed by atoms with Gasteiger partial charge in [-0.25, -0.2) is 4.79 Å². The number of carbonyl (C=O) groups excluding carboxylic acids is 3. The quantitative estimate of drug-likeness (QED) is 0.691. The first-order valence-corrected chi connectivity index (χ1v) is 7.86. The molecule has 2 amide bonds. The molecule has 7 nitrogen and oxygen atoms in total. The Kier molecular flexibility index (Phi) is 7.74. The Morgan fingerprint density at radius 1 is 1.25 bits per heavy atom. The summed E-state index contributed by atoms with van der Waals surface area (Å²) in [5.41, 5.74) is 1.22. The van der Waals surface area contributed by atoms with Crippen molar-refractivity contribution in [1.82, 2.24) is 10.6 Å². The van der Waals surface area contributed by atoms with Crippen molar-refractivity contribution in [3.63, 3.8) is 0 Å². The van der Waals surface area contributed by atoms with E-state index in [0.717, 1.165) is 12.1 Å². The lowest BCUT2D eigenvalue weighted by atomic mass is 10.2. The van der Waals surface area contributed by atoms with Gasteiger partial charge in [-0.3, -0.25) is 9.59 Å². The van der Waals surface area contributed by atoms with Crippen LogP contribution < -0.4 is 15.5 Å². The molecule has 1 aromatic rings. The zero-order chi connectivity index (χ0) is 18.1. The maximum Gasteiger partial charge on any atom is 0.338 e. The second-order valence-corrected chi connectivity index (χ2v) is 5.60. The van der Waals surface area contributed by atoms with Crippen molar-refractivity contribution >= 4 is 23.5 Å². The van der Waals surface area contributed by atoms with Gasteiger partial charge in [-0.2, -0.15) is 0 Å². The minimum Gasteiger partial charge on any atom is -0.452 e. The number of hydrogen-bond acceptors (Lipinski definition) is 5. The smallest absolute Gasteiger partial charge is 0.338 e. The number of rotatable bonds is 8. The van der Waals surface area contributed by atoms with Crippen molar-refractivity contribution in [2.24, 2.45) is 0 Å². The summed E-state index contributed by atoms with van der Waals surface area (Å²) in [6.07, 6.45) is 0.816. The zero-order valence-corrected chi connectivity index (χ0v) is 14.6. The van der Waals surface area contributed by atoms with Crippen LogP contribution in [0.5, 0.6) is 0 Å². The van der Waals surface area contributed by atoms with E-state index in [0.29, 0.717) is 12.1 Å². The Hall–Kier alpha value is -2.57. The van der Waals surface area contributed by atoms with Crippen LogP contribution in [0.25, 0.3) is 0 Å². The number of esters is 1. The molecule has 132 valence electrons. The third-order valence-electron chi connectivity index (χ3n) is 3.25. The van der Waals surface area contributed by atoms with E-state index in [1.807, 2.05) is 32.0 Å². The Morgan fingerprint density at radius 3 is 2.58 bits per heavy atom. The van der Waals surface area contributed by atoms with E-state index in [-0.39, 0.29) is 5.91 Å². The molecular weight excluding hydrogens is 310 g/mol. The first-order chi connectivity index (χ1) is 11.3. The van der Waals surface area contributed by atoms with Crippen molar-refractivity contribution in [1.29, 1.82) is 0 Å². The van der Waals surface area contributed by atoms with E-state index in [9.17, 15) is 14.4 Å². The molecule has 0 spiro atoms. The molecule has 1 aromatic carbocycles. The first kappa shape index (κ1) is 19.5. The van der Waals surface area contributed by atoms with Crippen molar-refractivity contribution in [2.75, 3.05) is 32.1 Å². The number of amides is 2. The average Bonchev–Trinajstić information content (AvgIpc) is 2.57. The second kappa shape index (κ2) is 9.54. The molecule has 0 unspecified atom stereocenters. The van der Waals surface area contributed by atoms with Crippen molar-refractivity contribution < 1.29 is 19.1 Å². The molecule has 0 aliphatic carbocycles. The zero-order valence-electron chi connectivity index (χ0n) is 14.6. The van der Waals surface area contributed by atoms with Gasteiger partial charge < -0.3 is 20.3 Å². The largest absolute Gasteiger partial charge is 0.452 e. The number of ether oxygens (including phenoxy) is 1. The van der Waals surface area contributed by atoms with Crippen molar-refractivity contribution in [3.8, 4) is 0 Å². The van der Waals surface area contributed by atoms with Gasteiger partial charge in [0, 0.05) is 26.3 Å². The molecule has 0 radical (unpaired) electrons. The number of anilines is 1. The number of carbonyl (C=O) groups is 3. The number of hydrogen-bond donors (Lipinski definition) is 2. The van der Waals surface area contributed by atoms with Gasteiger partial charge >= 0.3 is 5.97 Å². The van der Waals surface area contributed by atoms with Crippen LogP contribution in [0.15, 0.2) is 24.3 Å². The maximum absolute atomic E-state index is 12.0. The molecule has 0 aromatic heterocycles. The molecule has 0 aliphatic heterocycles. The minimum atomic E-state index is -0.681. The number of nitrogens with zero attached hydrogens (tertiary/aromatic N) is 1. The average molecular weight is 335 g/mol. The Balaban J connectivity index is 2.47. The third-order valence-corrected chi connectivity index (χ3v) is 3.25. The molecular formula is C17H25N3O4. The van der Waals surface area contributed by atoms with Crippen LogP contribution >= 0.6 is 0 Å². The SMILES string of the molecule is CCCNC(=O)[C@@H](C)NC(=O)COC(=O)c1cccc(N(C)C)c1. The minimum absolute atomic E-state index is 0.268. The molecule has 2 N–H and O–H groups in total. The molecule has 0 saturated carbocycles. The monoisotopic (exact) mass is 335 g/mol. The topological polar surface area (TPSA) is 87.7 Å². The van der Waals surface area contributed by atoms with Gasteiger partial charge in [-0.15, -0.1) is 0 Å². The Morgan fingerprint density at radius 2 is 1.96 bits per heavy atom. The molecule has 1 atom stereocenters. The lowest BCUT2D eigenvalue weighted by molar-refractivity contribution is -0.130. The highest BCUT2D eigenvalue weighted by Gasteiger charge is 2.16. The molecule has 7 heteroatoms. The molecule has 0 bridgehead atoms. The van der Waals surface area contributed by atoms with Crippen LogP contribution in [0, 0.1) is 0 Å². The molecule has 0 heterocycles. The highest BCUT2D eigenvalue weighted by atomic mass is 16.5. The highest BCUT2D eigenvalue weighted by Crippen LogP contribution is 2.14. The fourth-order valence-electron chi connectivity index (χ4n) is 1.88. The predicted octanol–water partition coefficient (Wildman–Crippen LogP) is 0.940. The van der Waals surface area contributed by atoms with E-state index in [1.54, 1.807) is 25.1 Å². The third kappa shape index (κ3) is 6.28. The maximum atomic E-state index is 12.0. The summed E-state index contributed by atoms with van der Waals surface area (Å²) in [5, 5.41) is 5.17. The highest BCUT2D eigenvalue weighted by molar-refractivity contribution is 5.93. The van der Waals surface area contributed by atoms with Crippen LogP contribution in [0.4, 0.5) is 5.69 Å². The standard InChI is InChI=1S/C17H25N3O4/c1-5-9-18-16(22)12(2)19-15(21)11-24-17(23)13-7-6-8-14(10-13)20(3)4/h6-8,10,12H,5,9,11H2,1-4H3,(H,18,22)(H,19,21)/t12-/m1/s1. The molecule has 0 saturated heterocycles. The summed E-state index contributed by atoms with van der Waals surface area (Å²) in [6.45, 7) is 3.63. The van der Waals surface area contributed by atoms with Gasteiger partial charge in [0.15, 0.2) is 6.61 Å². The Bertz CT molecular complexity index is 587. The summed E-state index contributed by atoms with van der Waals surface area (Å²) in [4.78, 5) is 37.3. The van der Waals surface area contributed by atoms with Crippen LogP contribution in [0.3, 0.4) is 0 Å². The molecule has 1 rings (SSSR count). The lowest BCUT2D eigenvalue weighted by Gasteiger charge is -2.14. The van der Waals surface area contributed by atoms with Gasteiger partial charge in [-0.05, 0) is 31.5 Å². The molecule has 0 fully saturated rings. The van der Waals surface area contributed by atoms with Crippen LogP contribution in [-0.4, -0.2) is 51.1 Å². The summed E-state index contributed by atoms with van der Waals surface area (Å²) in [6, 6.07) is 6.22. The van der Waals surface area contributed by atoms with Gasteiger partial charge in [0.2, 0.25) is 5.91 Å². The fraction of sp³-hybridized carbons (Fsp3) is 0.471. The fourth-order valence-corrected chi connectivity index (χ4v) is 1.88. The van der Waals surface area contributed by atoms with Crippen LogP contribution in [-0.2, 0) is 14.3 Å². The number of benzene rings is 1. The number of nitrogens with one attached hydrogen (secondary N) is 2. The first-order valence-electron chi connectivity index (χ1n) is 7.86. The van der Waals surface area contributed by atoms with Crippen molar-refractivity contribution in [3.05, 3.63) is 29.8 Å². The predicted molar refractivity (Wildman–Crippen MR) is 92.0 cm³/mol.